The molecule has 1 aromatic carbocycles. The summed E-state index contributed by atoms with van der Waals surface area (Å²) >= 11 is 0. The lowest BCUT2D eigenvalue weighted by atomic mass is 10.0. The Kier molecular flexibility index (Phi) is 4.97. The number of benzene rings is 1. The van der Waals surface area contributed by atoms with E-state index in [-0.39, 0.29) is 0 Å². The van der Waals surface area contributed by atoms with Crippen molar-refractivity contribution in [1.29, 1.82) is 0 Å². The Morgan fingerprint density at radius 2 is 2.11 bits per heavy atom. The van der Waals surface area contributed by atoms with Gasteiger partial charge in [-0.3, -0.25) is 0 Å². The maximum atomic E-state index is 5.52. The van der Waals surface area contributed by atoms with Gasteiger partial charge in [0.2, 0.25) is 0 Å². The monoisotopic (exact) mass is 245 g/mol. The molecule has 0 aromatic heterocycles. The van der Waals surface area contributed by atoms with E-state index < -0.39 is 0 Å². The van der Waals surface area contributed by atoms with E-state index in [9.17, 15) is 0 Å². The standard InChI is InChI=1S/C16H23NO/c1-13(2)12-18-11-10-17-16(15-8-9-15)14-6-4-3-5-7-14/h3-7,15-17H,1,8-12H2,2H3. The normalized spacial score (nSPS) is 16.5. The minimum Gasteiger partial charge on any atom is -0.376 e. The van der Waals surface area contributed by atoms with Crippen molar-refractivity contribution in [3.63, 3.8) is 0 Å². The predicted molar refractivity (Wildman–Crippen MR) is 75.5 cm³/mol. The van der Waals surface area contributed by atoms with Crippen molar-refractivity contribution in [3.05, 3.63) is 48.0 Å². The Morgan fingerprint density at radius 1 is 1.39 bits per heavy atom. The maximum absolute atomic E-state index is 5.52. The van der Waals surface area contributed by atoms with Gasteiger partial charge in [-0.05, 0) is 31.2 Å². The van der Waals surface area contributed by atoms with Gasteiger partial charge in [-0.2, -0.15) is 0 Å². The summed E-state index contributed by atoms with van der Waals surface area (Å²) < 4.78 is 5.52. The van der Waals surface area contributed by atoms with Gasteiger partial charge in [0.05, 0.1) is 13.2 Å². The largest absolute Gasteiger partial charge is 0.376 e. The van der Waals surface area contributed by atoms with Gasteiger partial charge in [0, 0.05) is 12.6 Å². The highest BCUT2D eigenvalue weighted by Crippen LogP contribution is 2.40. The van der Waals surface area contributed by atoms with Crippen molar-refractivity contribution in [2.75, 3.05) is 19.8 Å². The zero-order valence-corrected chi connectivity index (χ0v) is 11.2. The molecule has 1 aromatic rings. The molecule has 1 fully saturated rings. The Bertz CT molecular complexity index is 370. The number of hydrogen-bond acceptors (Lipinski definition) is 2. The summed E-state index contributed by atoms with van der Waals surface area (Å²) in [7, 11) is 0. The SMILES string of the molecule is C=C(C)COCCNC(c1ccccc1)C1CC1. The molecule has 1 atom stereocenters. The van der Waals surface area contributed by atoms with Crippen molar-refractivity contribution in [2.45, 2.75) is 25.8 Å². The van der Waals surface area contributed by atoms with Crippen LogP contribution >= 0.6 is 0 Å². The van der Waals surface area contributed by atoms with Gasteiger partial charge in [0.25, 0.3) is 0 Å². The lowest BCUT2D eigenvalue weighted by Gasteiger charge is -2.18. The first-order chi connectivity index (χ1) is 8.77. The van der Waals surface area contributed by atoms with Crippen LogP contribution in [0.15, 0.2) is 42.5 Å². The zero-order valence-electron chi connectivity index (χ0n) is 11.2. The first-order valence-electron chi connectivity index (χ1n) is 6.78. The second kappa shape index (κ2) is 6.72. The summed E-state index contributed by atoms with van der Waals surface area (Å²) in [5, 5.41) is 3.62. The number of nitrogens with one attached hydrogen (secondary N) is 1. The predicted octanol–water partition coefficient (Wildman–Crippen LogP) is 3.32. The quantitative estimate of drug-likeness (QED) is 0.560. The average molecular weight is 245 g/mol. The second-order valence-electron chi connectivity index (χ2n) is 5.19. The van der Waals surface area contributed by atoms with Crippen LogP contribution in [-0.4, -0.2) is 19.8 Å². The number of rotatable bonds is 8. The first-order valence-corrected chi connectivity index (χ1v) is 6.78. The summed E-state index contributed by atoms with van der Waals surface area (Å²) in [4.78, 5) is 0. The first kappa shape index (κ1) is 13.3. The fourth-order valence-electron chi connectivity index (χ4n) is 2.18. The zero-order chi connectivity index (χ0) is 12.8. The molecule has 0 radical (unpaired) electrons. The van der Waals surface area contributed by atoms with E-state index in [1.807, 2.05) is 6.92 Å². The van der Waals surface area contributed by atoms with E-state index in [4.69, 9.17) is 4.74 Å². The molecule has 18 heavy (non-hydrogen) atoms. The molecular formula is C16H23NO. The van der Waals surface area contributed by atoms with E-state index in [1.165, 1.54) is 18.4 Å². The third-order valence-corrected chi connectivity index (χ3v) is 3.21. The summed E-state index contributed by atoms with van der Waals surface area (Å²) in [6.07, 6.45) is 2.69. The Hall–Kier alpha value is -1.12. The minimum absolute atomic E-state index is 0.500. The molecule has 2 heteroatoms. The van der Waals surface area contributed by atoms with Gasteiger partial charge in [0.1, 0.15) is 0 Å². The molecule has 0 aliphatic heterocycles. The van der Waals surface area contributed by atoms with Gasteiger partial charge < -0.3 is 10.1 Å². The van der Waals surface area contributed by atoms with Gasteiger partial charge in [-0.1, -0.05) is 42.5 Å². The summed E-state index contributed by atoms with van der Waals surface area (Å²) in [6, 6.07) is 11.2. The molecule has 1 unspecified atom stereocenters. The van der Waals surface area contributed by atoms with E-state index >= 15 is 0 Å². The van der Waals surface area contributed by atoms with Crippen molar-refractivity contribution < 1.29 is 4.74 Å². The van der Waals surface area contributed by atoms with Crippen LogP contribution in [-0.2, 0) is 4.74 Å². The highest BCUT2D eigenvalue weighted by molar-refractivity contribution is 5.21. The summed E-state index contributed by atoms with van der Waals surface area (Å²) in [5.41, 5.74) is 2.48. The minimum atomic E-state index is 0.500. The molecule has 0 spiro atoms. The van der Waals surface area contributed by atoms with Crippen molar-refractivity contribution in [3.8, 4) is 0 Å². The highest BCUT2D eigenvalue weighted by Gasteiger charge is 2.31. The Balaban J connectivity index is 1.76. The van der Waals surface area contributed by atoms with Crippen LogP contribution < -0.4 is 5.32 Å². The van der Waals surface area contributed by atoms with Gasteiger partial charge in [0.15, 0.2) is 0 Å². The van der Waals surface area contributed by atoms with Crippen LogP contribution in [0.5, 0.6) is 0 Å². The summed E-state index contributed by atoms with van der Waals surface area (Å²) in [6.45, 7) is 8.15. The molecule has 1 saturated carbocycles. The third kappa shape index (κ3) is 4.28. The fourth-order valence-corrected chi connectivity index (χ4v) is 2.18. The van der Waals surface area contributed by atoms with Crippen LogP contribution in [0.25, 0.3) is 0 Å². The van der Waals surface area contributed by atoms with Gasteiger partial charge >= 0.3 is 0 Å². The van der Waals surface area contributed by atoms with E-state index in [1.54, 1.807) is 0 Å². The third-order valence-electron chi connectivity index (χ3n) is 3.21. The topological polar surface area (TPSA) is 21.3 Å². The molecule has 2 rings (SSSR count). The van der Waals surface area contributed by atoms with E-state index in [0.717, 1.165) is 24.6 Å². The fraction of sp³-hybridized carbons (Fsp3) is 0.500. The van der Waals surface area contributed by atoms with Crippen LogP contribution in [0.1, 0.15) is 31.4 Å². The molecule has 1 aliphatic carbocycles. The van der Waals surface area contributed by atoms with Crippen molar-refractivity contribution >= 4 is 0 Å². The smallest absolute Gasteiger partial charge is 0.0672 e. The molecule has 1 N–H and O–H groups in total. The van der Waals surface area contributed by atoms with Crippen molar-refractivity contribution in [1.82, 2.24) is 5.32 Å². The molecule has 0 saturated heterocycles. The van der Waals surface area contributed by atoms with Crippen LogP contribution in [0.3, 0.4) is 0 Å². The van der Waals surface area contributed by atoms with E-state index in [0.29, 0.717) is 12.6 Å². The van der Waals surface area contributed by atoms with Crippen LogP contribution in [0.4, 0.5) is 0 Å². The molecule has 98 valence electrons. The molecule has 0 heterocycles. The molecular weight excluding hydrogens is 222 g/mol. The van der Waals surface area contributed by atoms with Crippen molar-refractivity contribution in [2.24, 2.45) is 5.92 Å². The average Bonchev–Trinajstić information content (AvgIpc) is 3.19. The molecule has 0 bridgehead atoms. The van der Waals surface area contributed by atoms with Crippen LogP contribution in [0.2, 0.25) is 0 Å². The Morgan fingerprint density at radius 3 is 2.72 bits per heavy atom. The Labute approximate surface area is 110 Å². The maximum Gasteiger partial charge on any atom is 0.0672 e. The van der Waals surface area contributed by atoms with Gasteiger partial charge in [-0.25, -0.2) is 0 Å². The summed E-state index contributed by atoms with van der Waals surface area (Å²) in [5.74, 6) is 0.813. The molecule has 0 amide bonds. The lowest BCUT2D eigenvalue weighted by molar-refractivity contribution is 0.154. The van der Waals surface area contributed by atoms with E-state index in [2.05, 4.69) is 42.2 Å². The molecule has 2 nitrogen and oxygen atoms in total. The molecule has 1 aliphatic rings. The van der Waals surface area contributed by atoms with Gasteiger partial charge in [-0.15, -0.1) is 0 Å². The van der Waals surface area contributed by atoms with Crippen LogP contribution in [0, 0.1) is 5.92 Å². The highest BCUT2D eigenvalue weighted by atomic mass is 16.5. The second-order valence-corrected chi connectivity index (χ2v) is 5.19. The lowest BCUT2D eigenvalue weighted by Crippen LogP contribution is -2.27. The number of hydrogen-bond donors (Lipinski definition) is 1. The number of ether oxygens (including phenoxy) is 1.